The number of nitrogens with one attached hydrogen (secondary N) is 2. The average Bonchev–Trinajstić information content (AvgIpc) is 2.48. The lowest BCUT2D eigenvalue weighted by molar-refractivity contribution is -0.115. The number of ether oxygens (including phenoxy) is 1. The molecule has 2 amide bonds. The second-order valence-corrected chi connectivity index (χ2v) is 5.80. The topological polar surface area (TPSA) is 67.4 Å². The molecule has 24 heavy (non-hydrogen) atoms. The Kier molecular flexibility index (Phi) is 5.95. The highest BCUT2D eigenvalue weighted by Crippen LogP contribution is 2.17. The molecule has 2 N–H and O–H groups in total. The van der Waals surface area contributed by atoms with E-state index in [0.29, 0.717) is 11.4 Å². The average molecular weight is 326 g/mol. The first-order chi connectivity index (χ1) is 11.4. The van der Waals surface area contributed by atoms with Crippen molar-refractivity contribution >= 4 is 23.2 Å². The van der Waals surface area contributed by atoms with Crippen LogP contribution >= 0.6 is 0 Å². The fourth-order valence-electron chi connectivity index (χ4n) is 2.23. The summed E-state index contributed by atoms with van der Waals surface area (Å²) in [5.41, 5.74) is 2.20. The SMILES string of the molecule is CC(=O)Nc1cccc(NC(=O)Cc2ccc(OC(C)C)cc2)c1. The van der Waals surface area contributed by atoms with E-state index in [1.54, 1.807) is 24.3 Å². The van der Waals surface area contributed by atoms with Crippen LogP contribution in [-0.2, 0) is 16.0 Å². The van der Waals surface area contributed by atoms with Crippen molar-refractivity contribution in [3.05, 3.63) is 54.1 Å². The van der Waals surface area contributed by atoms with Crippen LogP contribution in [0.25, 0.3) is 0 Å². The normalized spacial score (nSPS) is 10.3. The first-order valence-electron chi connectivity index (χ1n) is 7.85. The zero-order valence-electron chi connectivity index (χ0n) is 14.1. The molecule has 2 aromatic carbocycles. The van der Waals surface area contributed by atoms with Crippen molar-refractivity contribution in [3.8, 4) is 5.75 Å². The van der Waals surface area contributed by atoms with Gasteiger partial charge >= 0.3 is 0 Å². The van der Waals surface area contributed by atoms with E-state index in [-0.39, 0.29) is 24.3 Å². The Labute approximate surface area is 142 Å². The Balaban J connectivity index is 1.94. The second-order valence-electron chi connectivity index (χ2n) is 5.80. The maximum Gasteiger partial charge on any atom is 0.228 e. The number of rotatable bonds is 6. The van der Waals surface area contributed by atoms with Gasteiger partial charge in [0, 0.05) is 18.3 Å². The van der Waals surface area contributed by atoms with Gasteiger partial charge in [-0.2, -0.15) is 0 Å². The van der Waals surface area contributed by atoms with Gasteiger partial charge in [-0.25, -0.2) is 0 Å². The quantitative estimate of drug-likeness (QED) is 0.852. The van der Waals surface area contributed by atoms with Crippen molar-refractivity contribution in [2.45, 2.75) is 33.3 Å². The van der Waals surface area contributed by atoms with Crippen molar-refractivity contribution in [2.75, 3.05) is 10.6 Å². The van der Waals surface area contributed by atoms with Crippen LogP contribution in [0.1, 0.15) is 26.3 Å². The first kappa shape index (κ1) is 17.5. The van der Waals surface area contributed by atoms with Crippen molar-refractivity contribution < 1.29 is 14.3 Å². The highest BCUT2D eigenvalue weighted by molar-refractivity contribution is 5.94. The molecule has 0 fully saturated rings. The molecule has 0 aromatic heterocycles. The van der Waals surface area contributed by atoms with E-state index in [4.69, 9.17) is 4.74 Å². The molecule has 0 unspecified atom stereocenters. The number of carbonyl (C=O) groups is 2. The summed E-state index contributed by atoms with van der Waals surface area (Å²) in [5, 5.41) is 5.52. The molecular formula is C19H22N2O3. The lowest BCUT2D eigenvalue weighted by Crippen LogP contribution is -2.15. The second kappa shape index (κ2) is 8.15. The molecule has 0 aliphatic rings. The largest absolute Gasteiger partial charge is 0.491 e. The molecule has 0 aliphatic carbocycles. The predicted octanol–water partition coefficient (Wildman–Crippen LogP) is 3.61. The molecule has 0 atom stereocenters. The van der Waals surface area contributed by atoms with Crippen molar-refractivity contribution in [1.82, 2.24) is 0 Å². The maximum atomic E-state index is 12.1. The molecule has 5 nitrogen and oxygen atoms in total. The van der Waals surface area contributed by atoms with Gasteiger partial charge in [0.1, 0.15) is 5.75 Å². The number of benzene rings is 2. The standard InChI is InChI=1S/C19H22N2O3/c1-13(2)24-18-9-7-15(8-10-18)11-19(23)21-17-6-4-5-16(12-17)20-14(3)22/h4-10,12-13H,11H2,1-3H3,(H,20,22)(H,21,23). The lowest BCUT2D eigenvalue weighted by Gasteiger charge is -2.10. The minimum Gasteiger partial charge on any atom is -0.491 e. The molecule has 0 saturated carbocycles. The third-order valence-corrected chi connectivity index (χ3v) is 3.13. The van der Waals surface area contributed by atoms with Crippen LogP contribution < -0.4 is 15.4 Å². The Bertz CT molecular complexity index is 709. The molecule has 0 bridgehead atoms. The van der Waals surface area contributed by atoms with Crippen molar-refractivity contribution in [1.29, 1.82) is 0 Å². The highest BCUT2D eigenvalue weighted by atomic mass is 16.5. The molecule has 0 saturated heterocycles. The van der Waals surface area contributed by atoms with Gasteiger partial charge in [-0.3, -0.25) is 9.59 Å². The summed E-state index contributed by atoms with van der Waals surface area (Å²) in [7, 11) is 0. The molecule has 5 heteroatoms. The van der Waals surface area contributed by atoms with E-state index >= 15 is 0 Å². The molecule has 0 radical (unpaired) electrons. The Morgan fingerprint density at radius 3 is 2.21 bits per heavy atom. The Morgan fingerprint density at radius 2 is 1.62 bits per heavy atom. The van der Waals surface area contributed by atoms with Gasteiger partial charge in [-0.05, 0) is 49.7 Å². The van der Waals surface area contributed by atoms with Gasteiger partial charge in [0.25, 0.3) is 0 Å². The molecule has 126 valence electrons. The zero-order valence-corrected chi connectivity index (χ0v) is 14.1. The zero-order chi connectivity index (χ0) is 17.5. The van der Waals surface area contributed by atoms with E-state index in [2.05, 4.69) is 10.6 Å². The Morgan fingerprint density at radius 1 is 1.00 bits per heavy atom. The molecule has 2 rings (SSSR count). The summed E-state index contributed by atoms with van der Waals surface area (Å²) in [6.07, 6.45) is 0.391. The third kappa shape index (κ3) is 5.76. The number of carbonyl (C=O) groups excluding carboxylic acids is 2. The Hall–Kier alpha value is -2.82. The van der Waals surface area contributed by atoms with Crippen LogP contribution in [0.2, 0.25) is 0 Å². The summed E-state index contributed by atoms with van der Waals surface area (Å²) in [6.45, 7) is 5.38. The predicted molar refractivity (Wildman–Crippen MR) is 95.3 cm³/mol. The van der Waals surface area contributed by atoms with Crippen LogP contribution in [0, 0.1) is 0 Å². The van der Waals surface area contributed by atoms with E-state index in [0.717, 1.165) is 11.3 Å². The summed E-state index contributed by atoms with van der Waals surface area (Å²) in [4.78, 5) is 23.2. The number of amides is 2. The first-order valence-corrected chi connectivity index (χ1v) is 7.85. The van der Waals surface area contributed by atoms with Crippen LogP contribution in [0.4, 0.5) is 11.4 Å². The highest BCUT2D eigenvalue weighted by Gasteiger charge is 2.06. The van der Waals surface area contributed by atoms with Crippen LogP contribution in [-0.4, -0.2) is 17.9 Å². The fourth-order valence-corrected chi connectivity index (χ4v) is 2.23. The molecular weight excluding hydrogens is 304 g/mol. The van der Waals surface area contributed by atoms with E-state index in [1.165, 1.54) is 6.92 Å². The molecule has 0 aliphatic heterocycles. The van der Waals surface area contributed by atoms with Gasteiger partial charge < -0.3 is 15.4 Å². The number of anilines is 2. The van der Waals surface area contributed by atoms with Gasteiger partial charge in [0.05, 0.1) is 12.5 Å². The summed E-state index contributed by atoms with van der Waals surface area (Å²) in [5.74, 6) is 0.520. The van der Waals surface area contributed by atoms with Crippen molar-refractivity contribution in [2.24, 2.45) is 0 Å². The van der Waals surface area contributed by atoms with Gasteiger partial charge in [-0.15, -0.1) is 0 Å². The minimum atomic E-state index is -0.151. The number of hydrogen-bond donors (Lipinski definition) is 2. The fraction of sp³-hybridized carbons (Fsp3) is 0.263. The van der Waals surface area contributed by atoms with Crippen LogP contribution in [0.3, 0.4) is 0 Å². The van der Waals surface area contributed by atoms with Gasteiger partial charge in [0.2, 0.25) is 11.8 Å². The summed E-state index contributed by atoms with van der Waals surface area (Å²) < 4.78 is 5.58. The summed E-state index contributed by atoms with van der Waals surface area (Å²) >= 11 is 0. The molecule has 0 spiro atoms. The molecule has 2 aromatic rings. The van der Waals surface area contributed by atoms with Gasteiger partial charge in [-0.1, -0.05) is 18.2 Å². The summed E-state index contributed by atoms with van der Waals surface area (Å²) in [6, 6.07) is 14.5. The van der Waals surface area contributed by atoms with E-state index < -0.39 is 0 Å². The maximum absolute atomic E-state index is 12.1. The number of hydrogen-bond acceptors (Lipinski definition) is 3. The monoisotopic (exact) mass is 326 g/mol. The van der Waals surface area contributed by atoms with Crippen molar-refractivity contribution in [3.63, 3.8) is 0 Å². The molecule has 0 heterocycles. The minimum absolute atomic E-state index is 0.118. The lowest BCUT2D eigenvalue weighted by atomic mass is 10.1. The third-order valence-electron chi connectivity index (χ3n) is 3.13. The van der Waals surface area contributed by atoms with Crippen LogP contribution in [0.5, 0.6) is 5.75 Å². The van der Waals surface area contributed by atoms with E-state index in [1.807, 2.05) is 38.1 Å². The van der Waals surface area contributed by atoms with Crippen LogP contribution in [0.15, 0.2) is 48.5 Å². The van der Waals surface area contributed by atoms with E-state index in [9.17, 15) is 9.59 Å². The smallest absolute Gasteiger partial charge is 0.228 e. The van der Waals surface area contributed by atoms with Gasteiger partial charge in [0.15, 0.2) is 0 Å².